The molecule has 0 fully saturated rings. The highest BCUT2D eigenvalue weighted by Crippen LogP contribution is 2.31. The zero-order chi connectivity index (χ0) is 15.4. The number of benzene rings is 1. The largest absolute Gasteiger partial charge is 0.506 e. The van der Waals surface area contributed by atoms with Crippen molar-refractivity contribution in [1.29, 1.82) is 5.26 Å². The molecule has 19 heavy (non-hydrogen) atoms. The second-order valence-electron chi connectivity index (χ2n) is 3.46. The van der Waals surface area contributed by atoms with Crippen molar-refractivity contribution >= 4 is 17.4 Å². The number of ketones is 1. The molecule has 104 valence electrons. The summed E-state index contributed by atoms with van der Waals surface area (Å²) in [5, 5.41) is 18.6. The molecule has 1 aromatic rings. The van der Waals surface area contributed by atoms with Crippen LogP contribution >= 0.6 is 11.6 Å². The van der Waals surface area contributed by atoms with E-state index in [2.05, 4.69) is 5.73 Å². The Morgan fingerprint density at radius 3 is 2.26 bits per heavy atom. The van der Waals surface area contributed by atoms with Crippen molar-refractivity contribution in [2.75, 3.05) is 0 Å². The van der Waals surface area contributed by atoms with Crippen molar-refractivity contribution < 1.29 is 23.1 Å². The van der Waals surface area contributed by atoms with Gasteiger partial charge in [0.25, 0.3) is 0 Å². The van der Waals surface area contributed by atoms with Crippen LogP contribution in [0.4, 0.5) is 13.2 Å². The highest BCUT2D eigenvalue weighted by molar-refractivity contribution is 6.32. The van der Waals surface area contributed by atoms with Crippen LogP contribution < -0.4 is 5.73 Å². The van der Waals surface area contributed by atoms with E-state index in [0.717, 1.165) is 0 Å². The number of alkyl halides is 3. The molecule has 0 aliphatic rings. The third-order valence-electron chi connectivity index (χ3n) is 1.99. The van der Waals surface area contributed by atoms with Crippen molar-refractivity contribution in [3.8, 4) is 11.8 Å². The summed E-state index contributed by atoms with van der Waals surface area (Å²) in [7, 11) is 0. The Bertz CT molecular complexity index is 530. The highest BCUT2D eigenvalue weighted by Gasteiger charge is 2.17. The van der Waals surface area contributed by atoms with Crippen molar-refractivity contribution in [3.63, 3.8) is 0 Å². The molecular formula is C11H10ClF3N2O2. The Morgan fingerprint density at radius 2 is 1.95 bits per heavy atom. The summed E-state index contributed by atoms with van der Waals surface area (Å²) in [6.45, 7) is 2.92. The number of carbonyl (C=O) groups excluding carboxylic acids is 1. The number of carbonyl (C=O) groups is 1. The van der Waals surface area contributed by atoms with Crippen LogP contribution in [0.1, 0.15) is 28.4 Å². The fraction of sp³-hybridized carbons (Fsp3) is 0.273. The number of Topliss-reactive ketones (excluding diaryl/α,β-unsaturated/α-hetero) is 1. The van der Waals surface area contributed by atoms with Gasteiger partial charge >= 0.3 is 6.30 Å². The van der Waals surface area contributed by atoms with Gasteiger partial charge in [-0.15, -0.1) is 0 Å². The van der Waals surface area contributed by atoms with Crippen molar-refractivity contribution in [3.05, 3.63) is 27.8 Å². The number of rotatable bonds is 1. The predicted octanol–water partition coefficient (Wildman–Crippen LogP) is 2.89. The summed E-state index contributed by atoms with van der Waals surface area (Å²) in [4.78, 5) is 11.1. The summed E-state index contributed by atoms with van der Waals surface area (Å²) < 4.78 is 30.4. The molecule has 8 heteroatoms. The van der Waals surface area contributed by atoms with Gasteiger partial charge in [-0.05, 0) is 25.5 Å². The summed E-state index contributed by atoms with van der Waals surface area (Å²) >= 11 is 5.80. The van der Waals surface area contributed by atoms with Crippen LogP contribution in [0.15, 0.2) is 6.07 Å². The first-order valence-electron chi connectivity index (χ1n) is 4.77. The van der Waals surface area contributed by atoms with Crippen LogP contribution in [-0.2, 0) is 0 Å². The Morgan fingerprint density at radius 1 is 1.53 bits per heavy atom. The summed E-state index contributed by atoms with van der Waals surface area (Å²) in [6, 6.07) is 3.18. The third-order valence-corrected chi connectivity index (χ3v) is 2.38. The molecular weight excluding hydrogens is 285 g/mol. The molecule has 0 spiro atoms. The van der Waals surface area contributed by atoms with Gasteiger partial charge in [0, 0.05) is 5.02 Å². The molecule has 3 N–H and O–H groups in total. The van der Waals surface area contributed by atoms with Gasteiger partial charge in [0.15, 0.2) is 5.78 Å². The molecule has 0 amide bonds. The Kier molecular flexibility index (Phi) is 5.81. The topological polar surface area (TPSA) is 87.1 Å². The molecule has 0 saturated heterocycles. The predicted molar refractivity (Wildman–Crippen MR) is 62.8 cm³/mol. The van der Waals surface area contributed by atoms with Crippen LogP contribution in [-0.4, -0.2) is 17.2 Å². The smallest absolute Gasteiger partial charge is 0.454 e. The number of hydrogen-bond donors (Lipinski definition) is 2. The number of nitrogens with two attached hydrogens (primary N) is 1. The van der Waals surface area contributed by atoms with Gasteiger partial charge in [-0.2, -0.15) is 18.4 Å². The van der Waals surface area contributed by atoms with E-state index >= 15 is 0 Å². The van der Waals surface area contributed by atoms with Crippen molar-refractivity contribution in [1.82, 2.24) is 0 Å². The van der Waals surface area contributed by atoms with Gasteiger partial charge in [0.2, 0.25) is 0 Å². The quantitative estimate of drug-likeness (QED) is 0.616. The van der Waals surface area contributed by atoms with Gasteiger partial charge < -0.3 is 5.11 Å². The number of phenols is 1. The van der Waals surface area contributed by atoms with E-state index in [1.165, 1.54) is 13.0 Å². The summed E-state index contributed by atoms with van der Waals surface area (Å²) in [5.41, 5.74) is 3.98. The van der Waals surface area contributed by atoms with E-state index in [9.17, 15) is 23.1 Å². The number of hydrogen-bond acceptors (Lipinski definition) is 4. The number of aromatic hydroxyl groups is 1. The highest BCUT2D eigenvalue weighted by atomic mass is 35.5. The fourth-order valence-corrected chi connectivity index (χ4v) is 1.34. The fourth-order valence-electron chi connectivity index (χ4n) is 1.14. The minimum absolute atomic E-state index is 0.0581. The van der Waals surface area contributed by atoms with Gasteiger partial charge in [0.05, 0.1) is 11.1 Å². The Balaban J connectivity index is 0.000000555. The molecule has 0 unspecified atom stereocenters. The van der Waals surface area contributed by atoms with Crippen LogP contribution in [0.2, 0.25) is 5.02 Å². The SMILES string of the molecule is CC(=O)c1cc(Cl)c(C)c(C#N)c1O.NC(F)(F)F. The van der Waals surface area contributed by atoms with E-state index in [1.54, 1.807) is 6.92 Å². The standard InChI is InChI=1S/C10H8ClNO2.CH2F3N/c1-5-8(4-12)10(14)7(6(2)13)3-9(5)11;2-1(3,4)5/h3,14H,1-2H3;5H2. The third kappa shape index (κ3) is 5.59. The summed E-state index contributed by atoms with van der Waals surface area (Å²) in [5.74, 6) is -0.609. The van der Waals surface area contributed by atoms with Gasteiger partial charge in [0.1, 0.15) is 11.8 Å². The molecule has 0 aliphatic carbocycles. The molecule has 0 bridgehead atoms. The van der Waals surface area contributed by atoms with Crippen LogP contribution in [0.3, 0.4) is 0 Å². The monoisotopic (exact) mass is 294 g/mol. The van der Waals surface area contributed by atoms with Gasteiger partial charge in [-0.1, -0.05) is 11.6 Å². The molecule has 0 radical (unpaired) electrons. The molecule has 0 aliphatic heterocycles. The average molecular weight is 295 g/mol. The second-order valence-corrected chi connectivity index (χ2v) is 3.87. The normalized spacial score (nSPS) is 10.2. The number of halogens is 4. The minimum Gasteiger partial charge on any atom is -0.506 e. The van der Waals surface area contributed by atoms with E-state index in [1.807, 2.05) is 6.07 Å². The summed E-state index contributed by atoms with van der Waals surface area (Å²) in [6.07, 6.45) is -4.50. The molecule has 0 saturated carbocycles. The number of phenolic OH excluding ortho intramolecular Hbond substituents is 1. The van der Waals surface area contributed by atoms with E-state index in [4.69, 9.17) is 16.9 Å². The minimum atomic E-state index is -4.50. The maximum Gasteiger partial charge on any atom is 0.454 e. The van der Waals surface area contributed by atoms with Crippen LogP contribution in [0.5, 0.6) is 5.75 Å². The first-order valence-corrected chi connectivity index (χ1v) is 5.15. The average Bonchev–Trinajstić information content (AvgIpc) is 2.21. The lowest BCUT2D eigenvalue weighted by molar-refractivity contribution is -0.122. The molecule has 4 nitrogen and oxygen atoms in total. The van der Waals surface area contributed by atoms with Crippen LogP contribution in [0.25, 0.3) is 0 Å². The Hall–Kier alpha value is -1.78. The molecule has 1 aromatic carbocycles. The second kappa shape index (κ2) is 6.41. The van der Waals surface area contributed by atoms with Crippen LogP contribution in [0, 0.1) is 18.3 Å². The van der Waals surface area contributed by atoms with E-state index in [0.29, 0.717) is 10.6 Å². The van der Waals surface area contributed by atoms with E-state index < -0.39 is 6.30 Å². The lowest BCUT2D eigenvalue weighted by Crippen LogP contribution is -2.20. The van der Waals surface area contributed by atoms with Gasteiger partial charge in [-0.25, -0.2) is 5.73 Å². The zero-order valence-corrected chi connectivity index (χ0v) is 10.7. The first kappa shape index (κ1) is 17.2. The maximum absolute atomic E-state index is 11.1. The molecule has 0 heterocycles. The lowest BCUT2D eigenvalue weighted by Gasteiger charge is -2.07. The molecule has 1 rings (SSSR count). The first-order chi connectivity index (χ1) is 8.49. The van der Waals surface area contributed by atoms with Crippen molar-refractivity contribution in [2.24, 2.45) is 5.73 Å². The Labute approximate surface area is 112 Å². The number of nitriles is 1. The van der Waals surface area contributed by atoms with E-state index in [-0.39, 0.29) is 22.7 Å². The lowest BCUT2D eigenvalue weighted by atomic mass is 10.0. The molecule has 0 atom stereocenters. The zero-order valence-electron chi connectivity index (χ0n) is 9.97. The maximum atomic E-state index is 11.1. The number of nitrogens with zero attached hydrogens (tertiary/aromatic N) is 1. The van der Waals surface area contributed by atoms with Crippen molar-refractivity contribution in [2.45, 2.75) is 20.1 Å². The molecule has 0 aromatic heterocycles. The van der Waals surface area contributed by atoms with Gasteiger partial charge in [-0.3, -0.25) is 4.79 Å².